The minimum atomic E-state index is -0.583. The van der Waals surface area contributed by atoms with Crippen LogP contribution in [0.15, 0.2) is 52.3 Å². The number of carbonyl (C=O) groups excluding carboxylic acids is 1. The van der Waals surface area contributed by atoms with Gasteiger partial charge in [0.25, 0.3) is 11.2 Å². The van der Waals surface area contributed by atoms with Gasteiger partial charge in [-0.3, -0.25) is 24.3 Å². The van der Waals surface area contributed by atoms with Crippen LogP contribution in [0.1, 0.15) is 13.3 Å². The molecule has 1 aliphatic rings. The first-order chi connectivity index (χ1) is 12.0. The number of nitro groups is 1. The molecule has 1 amide bonds. The maximum absolute atomic E-state index is 12.8. The Morgan fingerprint density at radius 2 is 2.08 bits per heavy atom. The molecule has 0 spiro atoms. The first kappa shape index (κ1) is 17.2. The molecule has 0 unspecified atom stereocenters. The van der Waals surface area contributed by atoms with E-state index in [4.69, 9.17) is 0 Å². The number of thioether (sulfide) groups is 1. The monoisotopic (exact) mass is 359 g/mol. The molecule has 2 aromatic rings. The lowest BCUT2D eigenvalue weighted by atomic mass is 10.2. The standard InChI is InChI=1S/C17H17N3O4S/c1-12-8-9-19(14-4-2-3-5-15(14)25-12)17(22)11-18-10-13(20(23)24)6-7-16(18)21/h2-7,10,12H,8-9,11H2,1H3/t12-/m0/s1. The van der Waals surface area contributed by atoms with Crippen LogP contribution in [-0.4, -0.2) is 27.2 Å². The summed E-state index contributed by atoms with van der Waals surface area (Å²) in [6.45, 7) is 2.43. The number of fused-ring (bicyclic) bond motifs is 1. The molecule has 0 bridgehead atoms. The van der Waals surface area contributed by atoms with Gasteiger partial charge in [-0.15, -0.1) is 11.8 Å². The van der Waals surface area contributed by atoms with Gasteiger partial charge in [0.1, 0.15) is 6.54 Å². The molecule has 8 heteroatoms. The van der Waals surface area contributed by atoms with Crippen LogP contribution in [-0.2, 0) is 11.3 Å². The number of amides is 1. The summed E-state index contributed by atoms with van der Waals surface area (Å²) < 4.78 is 1.09. The molecule has 7 nitrogen and oxygen atoms in total. The van der Waals surface area contributed by atoms with Gasteiger partial charge in [0.2, 0.25) is 5.91 Å². The summed E-state index contributed by atoms with van der Waals surface area (Å²) in [6.07, 6.45) is 1.94. The Hall–Kier alpha value is -2.61. The van der Waals surface area contributed by atoms with E-state index in [0.717, 1.165) is 39.9 Å². The van der Waals surface area contributed by atoms with E-state index in [1.165, 1.54) is 0 Å². The molecule has 25 heavy (non-hydrogen) atoms. The van der Waals surface area contributed by atoms with Crippen molar-refractivity contribution in [1.29, 1.82) is 0 Å². The summed E-state index contributed by atoms with van der Waals surface area (Å²) in [7, 11) is 0. The molecular weight excluding hydrogens is 342 g/mol. The average Bonchev–Trinajstić information content (AvgIpc) is 2.74. The topological polar surface area (TPSA) is 85.4 Å². The molecule has 2 heterocycles. The summed E-state index contributed by atoms with van der Waals surface area (Å²) in [5.41, 5.74) is 0.165. The fourth-order valence-corrected chi connectivity index (χ4v) is 3.84. The van der Waals surface area contributed by atoms with Gasteiger partial charge in [0.05, 0.1) is 16.8 Å². The van der Waals surface area contributed by atoms with Crippen LogP contribution in [0, 0.1) is 10.1 Å². The van der Waals surface area contributed by atoms with Crippen LogP contribution in [0.25, 0.3) is 0 Å². The zero-order valence-corrected chi connectivity index (χ0v) is 14.4. The normalized spacial score (nSPS) is 16.8. The van der Waals surface area contributed by atoms with E-state index in [9.17, 15) is 19.7 Å². The predicted molar refractivity (Wildman–Crippen MR) is 96.1 cm³/mol. The second-order valence-electron chi connectivity index (χ2n) is 5.84. The lowest BCUT2D eigenvalue weighted by molar-refractivity contribution is -0.385. The first-order valence-electron chi connectivity index (χ1n) is 7.86. The molecule has 0 saturated carbocycles. The molecule has 0 fully saturated rings. The van der Waals surface area contributed by atoms with Crippen molar-refractivity contribution in [3.05, 3.63) is 63.1 Å². The molecule has 0 N–H and O–H groups in total. The Labute approximate surface area is 148 Å². The fourth-order valence-electron chi connectivity index (χ4n) is 2.73. The van der Waals surface area contributed by atoms with Crippen LogP contribution in [0.2, 0.25) is 0 Å². The van der Waals surface area contributed by atoms with Crippen molar-refractivity contribution >= 4 is 29.0 Å². The third-order valence-corrected chi connectivity index (χ3v) is 5.27. The average molecular weight is 359 g/mol. The van der Waals surface area contributed by atoms with E-state index in [2.05, 4.69) is 6.92 Å². The third-order valence-electron chi connectivity index (χ3n) is 4.03. The number of nitrogens with zero attached hydrogens (tertiary/aromatic N) is 3. The van der Waals surface area contributed by atoms with Crippen molar-refractivity contribution in [3.63, 3.8) is 0 Å². The molecule has 0 radical (unpaired) electrons. The van der Waals surface area contributed by atoms with Crippen LogP contribution in [0.5, 0.6) is 0 Å². The van der Waals surface area contributed by atoms with E-state index < -0.39 is 10.5 Å². The summed E-state index contributed by atoms with van der Waals surface area (Å²) >= 11 is 1.72. The van der Waals surface area contributed by atoms with E-state index in [0.29, 0.717) is 11.8 Å². The number of hydrogen-bond donors (Lipinski definition) is 0. The summed E-state index contributed by atoms with van der Waals surface area (Å²) in [5.74, 6) is -0.259. The molecule has 1 atom stereocenters. The largest absolute Gasteiger partial charge is 0.310 e. The Bertz CT molecular complexity index is 880. The molecule has 0 aliphatic carbocycles. The maximum atomic E-state index is 12.8. The van der Waals surface area contributed by atoms with Crippen molar-refractivity contribution in [3.8, 4) is 0 Å². The number of pyridine rings is 1. The SMILES string of the molecule is C[C@H]1CCN(C(=O)Cn2cc([N+](=O)[O-])ccc2=O)c2ccccc2S1. The van der Waals surface area contributed by atoms with Gasteiger partial charge in [0, 0.05) is 28.8 Å². The zero-order chi connectivity index (χ0) is 18.0. The maximum Gasteiger partial charge on any atom is 0.285 e. The van der Waals surface area contributed by atoms with E-state index in [1.54, 1.807) is 16.7 Å². The van der Waals surface area contributed by atoms with Gasteiger partial charge in [-0.25, -0.2) is 0 Å². The molecule has 130 valence electrons. The first-order valence-corrected chi connectivity index (χ1v) is 8.74. The zero-order valence-electron chi connectivity index (χ0n) is 13.6. The molecule has 1 aromatic heterocycles. The number of hydrogen-bond acceptors (Lipinski definition) is 5. The van der Waals surface area contributed by atoms with Gasteiger partial charge in [-0.2, -0.15) is 0 Å². The van der Waals surface area contributed by atoms with Gasteiger partial charge in [0.15, 0.2) is 0 Å². The van der Waals surface area contributed by atoms with Crippen LogP contribution in [0.4, 0.5) is 11.4 Å². The fraction of sp³-hybridized carbons (Fsp3) is 0.294. The Morgan fingerprint density at radius 1 is 1.32 bits per heavy atom. The lowest BCUT2D eigenvalue weighted by Gasteiger charge is -2.22. The number of benzene rings is 1. The quantitative estimate of drug-likeness (QED) is 0.621. The Kier molecular flexibility index (Phi) is 4.89. The Morgan fingerprint density at radius 3 is 2.84 bits per heavy atom. The van der Waals surface area contributed by atoms with Crippen molar-refractivity contribution in [2.24, 2.45) is 0 Å². The number of anilines is 1. The highest BCUT2D eigenvalue weighted by atomic mass is 32.2. The van der Waals surface area contributed by atoms with Crippen molar-refractivity contribution in [1.82, 2.24) is 4.57 Å². The molecule has 1 aliphatic heterocycles. The summed E-state index contributed by atoms with van der Waals surface area (Å²) in [6, 6.07) is 9.91. The summed E-state index contributed by atoms with van der Waals surface area (Å²) in [4.78, 5) is 37.7. The lowest BCUT2D eigenvalue weighted by Crippen LogP contribution is -2.37. The molecular formula is C17H17N3O4S. The Balaban J connectivity index is 1.90. The van der Waals surface area contributed by atoms with E-state index in [-0.39, 0.29) is 18.1 Å². The molecule has 3 rings (SSSR count). The van der Waals surface area contributed by atoms with Gasteiger partial charge in [-0.1, -0.05) is 19.1 Å². The second-order valence-corrected chi connectivity index (χ2v) is 7.32. The van der Waals surface area contributed by atoms with Gasteiger partial charge in [-0.05, 0) is 18.6 Å². The highest BCUT2D eigenvalue weighted by molar-refractivity contribution is 8.00. The second kappa shape index (κ2) is 7.10. The smallest absolute Gasteiger partial charge is 0.285 e. The minimum absolute atomic E-state index is 0.215. The van der Waals surface area contributed by atoms with Crippen molar-refractivity contribution in [2.75, 3.05) is 11.4 Å². The summed E-state index contributed by atoms with van der Waals surface area (Å²) in [5, 5.41) is 11.3. The van der Waals surface area contributed by atoms with Crippen LogP contribution in [0.3, 0.4) is 0 Å². The highest BCUT2D eigenvalue weighted by Crippen LogP contribution is 2.37. The molecule has 0 saturated heterocycles. The third kappa shape index (κ3) is 3.74. The van der Waals surface area contributed by atoms with Gasteiger partial charge < -0.3 is 4.90 Å². The van der Waals surface area contributed by atoms with E-state index >= 15 is 0 Å². The predicted octanol–water partition coefficient (Wildman–Crippen LogP) is 2.67. The number of para-hydroxylation sites is 1. The number of carbonyl (C=O) groups is 1. The molecule has 1 aromatic carbocycles. The van der Waals surface area contributed by atoms with Crippen molar-refractivity contribution < 1.29 is 9.72 Å². The van der Waals surface area contributed by atoms with Crippen molar-refractivity contribution in [2.45, 2.75) is 30.0 Å². The van der Waals surface area contributed by atoms with Crippen LogP contribution < -0.4 is 10.5 Å². The number of rotatable bonds is 3. The number of aromatic nitrogens is 1. The van der Waals surface area contributed by atoms with Crippen LogP contribution >= 0.6 is 11.8 Å². The highest BCUT2D eigenvalue weighted by Gasteiger charge is 2.24. The van der Waals surface area contributed by atoms with E-state index in [1.807, 2.05) is 24.3 Å². The minimum Gasteiger partial charge on any atom is -0.310 e. The van der Waals surface area contributed by atoms with Gasteiger partial charge >= 0.3 is 0 Å².